The van der Waals surface area contributed by atoms with Gasteiger partial charge in [-0.05, 0) is 0 Å². The summed E-state index contributed by atoms with van der Waals surface area (Å²) in [6.45, 7) is 2.90. The van der Waals surface area contributed by atoms with Crippen molar-refractivity contribution in [1.29, 1.82) is 0 Å². The van der Waals surface area contributed by atoms with Gasteiger partial charge in [-0.3, -0.25) is 4.79 Å². The van der Waals surface area contributed by atoms with Crippen LogP contribution in [0.1, 0.15) is 0 Å². The molecule has 1 saturated heterocycles. The van der Waals surface area contributed by atoms with Crippen LogP contribution in [0.25, 0.3) is 5.82 Å². The third-order valence-electron chi connectivity index (χ3n) is 3.52. The largest absolute Gasteiger partial charge is 0.375 e. The lowest BCUT2D eigenvalue weighted by Crippen LogP contribution is -2.50. The zero-order valence-electron chi connectivity index (χ0n) is 12.3. The molecule has 22 heavy (non-hydrogen) atoms. The Bertz CT molecular complexity index is 623. The molecule has 3 rings (SSSR count). The van der Waals surface area contributed by atoms with E-state index in [1.807, 2.05) is 6.07 Å². The van der Waals surface area contributed by atoms with E-state index in [1.54, 1.807) is 15.9 Å². The third kappa shape index (κ3) is 3.03. The SMILES string of the molecule is COCC(=O)N1CCN(c2cc(-n3cncn3)ncn2)CC1. The van der Waals surface area contributed by atoms with Gasteiger partial charge >= 0.3 is 0 Å². The fraction of sp³-hybridized carbons (Fsp3) is 0.462. The topological polar surface area (TPSA) is 89.3 Å². The Kier molecular flexibility index (Phi) is 4.24. The average molecular weight is 303 g/mol. The zero-order chi connectivity index (χ0) is 15.4. The van der Waals surface area contributed by atoms with Crippen LogP contribution in [0.3, 0.4) is 0 Å². The highest BCUT2D eigenvalue weighted by atomic mass is 16.5. The monoisotopic (exact) mass is 303 g/mol. The van der Waals surface area contributed by atoms with Gasteiger partial charge in [0.15, 0.2) is 5.82 Å². The lowest BCUT2D eigenvalue weighted by molar-refractivity contribution is -0.135. The summed E-state index contributed by atoms with van der Waals surface area (Å²) in [6, 6.07) is 1.86. The highest BCUT2D eigenvalue weighted by Crippen LogP contribution is 2.15. The summed E-state index contributed by atoms with van der Waals surface area (Å²) in [5, 5.41) is 4.06. The minimum atomic E-state index is 0.0214. The summed E-state index contributed by atoms with van der Waals surface area (Å²) < 4.78 is 6.47. The number of amides is 1. The minimum absolute atomic E-state index is 0.0214. The van der Waals surface area contributed by atoms with Gasteiger partial charge in [0.1, 0.15) is 31.4 Å². The summed E-state index contributed by atoms with van der Waals surface area (Å²) in [5.74, 6) is 1.51. The molecule has 0 N–H and O–H groups in total. The van der Waals surface area contributed by atoms with Crippen molar-refractivity contribution in [3.05, 3.63) is 25.0 Å². The highest BCUT2D eigenvalue weighted by Gasteiger charge is 2.22. The van der Waals surface area contributed by atoms with Crippen LogP contribution in [0, 0.1) is 0 Å². The van der Waals surface area contributed by atoms with E-state index in [0.29, 0.717) is 18.9 Å². The first-order valence-electron chi connectivity index (χ1n) is 6.96. The van der Waals surface area contributed by atoms with E-state index in [-0.39, 0.29) is 12.5 Å². The van der Waals surface area contributed by atoms with Crippen LogP contribution >= 0.6 is 0 Å². The van der Waals surface area contributed by atoms with Crippen molar-refractivity contribution in [1.82, 2.24) is 29.6 Å². The number of hydrogen-bond acceptors (Lipinski definition) is 7. The van der Waals surface area contributed by atoms with Gasteiger partial charge in [0.25, 0.3) is 0 Å². The second kappa shape index (κ2) is 6.48. The fourth-order valence-corrected chi connectivity index (χ4v) is 2.36. The number of anilines is 1. The standard InChI is InChI=1S/C13H17N7O2/c1-22-7-13(21)19-4-2-18(3-5-19)11-6-12(16-9-15-11)20-10-14-8-17-20/h6,8-10H,2-5,7H2,1H3. The number of aromatic nitrogens is 5. The van der Waals surface area contributed by atoms with Gasteiger partial charge in [0.2, 0.25) is 5.91 Å². The Hall–Kier alpha value is -2.55. The average Bonchev–Trinajstić information content (AvgIpc) is 3.10. The maximum atomic E-state index is 11.8. The highest BCUT2D eigenvalue weighted by molar-refractivity contribution is 5.77. The number of ether oxygens (including phenoxy) is 1. The first kappa shape index (κ1) is 14.4. The third-order valence-corrected chi connectivity index (χ3v) is 3.52. The lowest BCUT2D eigenvalue weighted by Gasteiger charge is -2.35. The number of piperazine rings is 1. The fourth-order valence-electron chi connectivity index (χ4n) is 2.36. The first-order chi connectivity index (χ1) is 10.8. The molecule has 0 atom stereocenters. The maximum Gasteiger partial charge on any atom is 0.248 e. The second-order valence-electron chi connectivity index (χ2n) is 4.88. The number of carbonyl (C=O) groups is 1. The number of rotatable bonds is 4. The molecule has 2 aromatic rings. The van der Waals surface area contributed by atoms with Crippen LogP contribution in [0.2, 0.25) is 0 Å². The van der Waals surface area contributed by atoms with Gasteiger partial charge in [0, 0.05) is 39.4 Å². The molecule has 1 aliphatic heterocycles. The molecule has 9 heteroatoms. The predicted molar refractivity (Wildman–Crippen MR) is 77.6 cm³/mol. The summed E-state index contributed by atoms with van der Waals surface area (Å²) >= 11 is 0. The van der Waals surface area contributed by atoms with Gasteiger partial charge in [-0.15, -0.1) is 0 Å². The molecular weight excluding hydrogens is 286 g/mol. The van der Waals surface area contributed by atoms with Gasteiger partial charge in [-0.2, -0.15) is 5.10 Å². The second-order valence-corrected chi connectivity index (χ2v) is 4.88. The van der Waals surface area contributed by atoms with Crippen molar-refractivity contribution in [3.8, 4) is 5.82 Å². The quantitative estimate of drug-likeness (QED) is 0.741. The van der Waals surface area contributed by atoms with E-state index in [4.69, 9.17) is 4.74 Å². The van der Waals surface area contributed by atoms with Gasteiger partial charge in [0.05, 0.1) is 0 Å². The molecule has 2 aromatic heterocycles. The van der Waals surface area contributed by atoms with Gasteiger partial charge in [-0.1, -0.05) is 0 Å². The van der Waals surface area contributed by atoms with Crippen molar-refractivity contribution in [2.75, 3.05) is 44.8 Å². The van der Waals surface area contributed by atoms with Crippen LogP contribution in [-0.2, 0) is 9.53 Å². The van der Waals surface area contributed by atoms with Crippen LogP contribution in [0.4, 0.5) is 5.82 Å². The Morgan fingerprint density at radius 2 is 1.95 bits per heavy atom. The molecular formula is C13H17N7O2. The van der Waals surface area contributed by atoms with E-state index in [2.05, 4.69) is 25.0 Å². The first-order valence-corrected chi connectivity index (χ1v) is 6.96. The molecule has 0 aromatic carbocycles. The maximum absolute atomic E-state index is 11.8. The van der Waals surface area contributed by atoms with E-state index < -0.39 is 0 Å². The predicted octanol–water partition coefficient (Wildman–Crippen LogP) is -0.648. The van der Waals surface area contributed by atoms with Gasteiger partial charge in [-0.25, -0.2) is 19.6 Å². The summed E-state index contributed by atoms with van der Waals surface area (Å²) in [6.07, 6.45) is 4.56. The Morgan fingerprint density at radius 3 is 2.64 bits per heavy atom. The number of carbonyl (C=O) groups excluding carboxylic acids is 1. The van der Waals surface area contributed by atoms with Gasteiger partial charge < -0.3 is 14.5 Å². The number of hydrogen-bond donors (Lipinski definition) is 0. The molecule has 0 spiro atoms. The van der Waals surface area contributed by atoms with Crippen molar-refractivity contribution < 1.29 is 9.53 Å². The zero-order valence-corrected chi connectivity index (χ0v) is 12.3. The molecule has 1 aliphatic rings. The van der Waals surface area contributed by atoms with Crippen molar-refractivity contribution in [2.45, 2.75) is 0 Å². The minimum Gasteiger partial charge on any atom is -0.375 e. The molecule has 0 radical (unpaired) electrons. The number of nitrogens with zero attached hydrogens (tertiary/aromatic N) is 7. The van der Waals surface area contributed by atoms with E-state index in [9.17, 15) is 4.79 Å². The molecule has 0 bridgehead atoms. The smallest absolute Gasteiger partial charge is 0.248 e. The Labute approximate surface area is 127 Å². The van der Waals surface area contributed by atoms with Crippen LogP contribution in [-0.4, -0.2) is 75.4 Å². The lowest BCUT2D eigenvalue weighted by atomic mass is 10.3. The molecule has 116 valence electrons. The molecule has 1 amide bonds. The van der Waals surface area contributed by atoms with Crippen molar-refractivity contribution in [3.63, 3.8) is 0 Å². The normalized spacial score (nSPS) is 15.1. The van der Waals surface area contributed by atoms with E-state index >= 15 is 0 Å². The van der Waals surface area contributed by atoms with E-state index in [1.165, 1.54) is 19.8 Å². The molecule has 3 heterocycles. The Morgan fingerprint density at radius 1 is 1.18 bits per heavy atom. The van der Waals surface area contributed by atoms with Crippen LogP contribution < -0.4 is 4.90 Å². The van der Waals surface area contributed by atoms with Crippen molar-refractivity contribution in [2.24, 2.45) is 0 Å². The van der Waals surface area contributed by atoms with Crippen molar-refractivity contribution >= 4 is 11.7 Å². The summed E-state index contributed by atoms with van der Waals surface area (Å²) in [7, 11) is 1.53. The van der Waals surface area contributed by atoms with Crippen LogP contribution in [0.15, 0.2) is 25.0 Å². The summed E-state index contributed by atoms with van der Waals surface area (Å²) in [5.41, 5.74) is 0. The molecule has 9 nitrogen and oxygen atoms in total. The molecule has 0 saturated carbocycles. The van der Waals surface area contributed by atoms with E-state index in [0.717, 1.165) is 18.9 Å². The Balaban J connectivity index is 1.66. The summed E-state index contributed by atoms with van der Waals surface area (Å²) in [4.78, 5) is 28.1. The molecule has 0 unspecified atom stereocenters. The molecule has 1 fully saturated rings. The number of methoxy groups -OCH3 is 1. The van der Waals surface area contributed by atoms with Crippen LogP contribution in [0.5, 0.6) is 0 Å². The molecule has 0 aliphatic carbocycles.